The third-order valence-corrected chi connectivity index (χ3v) is 9.68. The molecule has 40 heavy (non-hydrogen) atoms. The van der Waals surface area contributed by atoms with Crippen molar-refractivity contribution in [1.82, 2.24) is 0 Å². The maximum Gasteiger partial charge on any atom is 0.453 e. The molecule has 21 heteroatoms. The number of rotatable bonds is 17. The van der Waals surface area contributed by atoms with Gasteiger partial charge in [0.25, 0.3) is 30.4 Å². The molecule has 0 saturated carbocycles. The Labute approximate surface area is 226 Å². The smallest absolute Gasteiger partial charge is 0.207 e. The second-order valence-corrected chi connectivity index (χ2v) is 17.1. The van der Waals surface area contributed by atoms with E-state index >= 15 is 0 Å². The van der Waals surface area contributed by atoms with E-state index in [0.717, 1.165) is 0 Å². The number of unbranched alkanes of at least 4 members (excludes halogenated alkanes) is 1. The molecule has 0 N–H and O–H groups in total. The van der Waals surface area contributed by atoms with Crippen LogP contribution in [0.3, 0.4) is 0 Å². The maximum absolute atomic E-state index is 13.8. The molecule has 0 aliphatic rings. The van der Waals surface area contributed by atoms with E-state index in [4.69, 9.17) is 22.2 Å². The highest BCUT2D eigenvalue weighted by Crippen LogP contribution is 2.48. The molecule has 0 spiro atoms. The van der Waals surface area contributed by atoms with Crippen molar-refractivity contribution in [3.63, 3.8) is 0 Å². The van der Waals surface area contributed by atoms with Crippen molar-refractivity contribution >= 4 is 28.9 Å². The van der Waals surface area contributed by atoms with Crippen LogP contribution in [0.2, 0.25) is 12.1 Å². The number of hydrogen-bond donors (Lipinski definition) is 0. The Morgan fingerprint density at radius 2 is 0.675 bits per heavy atom. The quantitative estimate of drug-likeness (QED) is 0.0617. The lowest BCUT2D eigenvalue weighted by Gasteiger charge is -2.28. The van der Waals surface area contributed by atoms with Gasteiger partial charge in [0.1, 0.15) is 0 Å². The lowest BCUT2D eigenvalue weighted by molar-refractivity contribution is -0.304. The van der Waals surface area contributed by atoms with Crippen LogP contribution in [-0.2, 0) is 0 Å². The predicted molar refractivity (Wildman–Crippen MR) is 110 cm³/mol. The molecule has 0 radical (unpaired) electrons. The lowest BCUT2D eigenvalue weighted by atomic mass is 9.99. The van der Waals surface area contributed by atoms with Crippen molar-refractivity contribution in [1.29, 1.82) is 0 Å². The molecule has 0 aliphatic heterocycles. The number of hydrogen-bond acceptors (Lipinski definition) is 0. The molecular weight excluding hydrogens is 669 g/mol. The van der Waals surface area contributed by atoms with Gasteiger partial charge in [0.15, 0.2) is 0 Å². The van der Waals surface area contributed by atoms with Crippen LogP contribution in [0.25, 0.3) is 0 Å². The summed E-state index contributed by atoms with van der Waals surface area (Å²) in [6.45, 7) is -3.58. The van der Waals surface area contributed by atoms with Crippen LogP contribution in [-0.4, -0.2) is 54.6 Å². The summed E-state index contributed by atoms with van der Waals surface area (Å²) >= 11 is 11.8. The Balaban J connectivity index is 4.73. The predicted octanol–water partition coefficient (Wildman–Crippen LogP) is 11.4. The SMILES string of the molecule is FC(F)(CCCC[Si](Cl)(Cl)CCCC(F)(F)CC(F)(F)CC(F)(F)C(F)(F)F)CC(F)(F)CC(F)(F)C(F)(F)F. The van der Waals surface area contributed by atoms with Gasteiger partial charge in [-0.1, -0.05) is 6.42 Å². The Kier molecular flexibility index (Phi) is 12.9. The third kappa shape index (κ3) is 14.6. The number of halogens is 20. The second-order valence-electron chi connectivity index (χ2n) is 9.45. The molecule has 0 saturated heterocycles. The topological polar surface area (TPSA) is 0 Å². The Morgan fingerprint density at radius 1 is 0.375 bits per heavy atom. The first-order valence-electron chi connectivity index (χ1n) is 11.0. The molecule has 0 aromatic carbocycles. The van der Waals surface area contributed by atoms with Crippen molar-refractivity contribution in [2.24, 2.45) is 0 Å². The summed E-state index contributed by atoms with van der Waals surface area (Å²) < 4.78 is 232. The number of alkyl halides is 18. The molecule has 0 fully saturated rings. The minimum atomic E-state index is -6.40. The highest BCUT2D eigenvalue weighted by molar-refractivity contribution is 7.45. The fraction of sp³-hybridized carbons (Fsp3) is 1.00. The fourth-order valence-corrected chi connectivity index (χ4v) is 6.72. The summed E-state index contributed by atoms with van der Waals surface area (Å²) in [7, 11) is 0. The van der Waals surface area contributed by atoms with Gasteiger partial charge in [-0.2, -0.15) is 43.9 Å². The zero-order chi connectivity index (χ0) is 32.3. The molecule has 0 atom stereocenters. The second kappa shape index (κ2) is 13.0. The maximum atomic E-state index is 13.8. The monoisotopic (exact) mass is 690 g/mol. The summed E-state index contributed by atoms with van der Waals surface area (Å²) in [4.78, 5) is 0. The van der Waals surface area contributed by atoms with Crippen molar-refractivity contribution < 1.29 is 79.0 Å². The van der Waals surface area contributed by atoms with Crippen LogP contribution in [0.5, 0.6) is 0 Å². The summed E-state index contributed by atoms with van der Waals surface area (Å²) in [5.41, 5.74) is 0. The summed E-state index contributed by atoms with van der Waals surface area (Å²) in [5.74, 6) is -30.9. The van der Waals surface area contributed by atoms with Gasteiger partial charge in [0.2, 0.25) is 0 Å². The first kappa shape index (κ1) is 39.5. The Hall–Kier alpha value is -0.463. The molecule has 0 bridgehead atoms. The Bertz CT molecular complexity index is 791. The van der Waals surface area contributed by atoms with Gasteiger partial charge >= 0.3 is 24.2 Å². The van der Waals surface area contributed by atoms with Crippen LogP contribution in [0.1, 0.15) is 57.8 Å². The molecule has 0 aromatic heterocycles. The van der Waals surface area contributed by atoms with E-state index < -0.39 is 112 Å². The van der Waals surface area contributed by atoms with E-state index in [2.05, 4.69) is 0 Å². The van der Waals surface area contributed by atoms with Crippen LogP contribution in [0, 0.1) is 0 Å². The molecule has 0 aromatic rings. The fourth-order valence-electron chi connectivity index (χ4n) is 3.41. The molecule has 0 nitrogen and oxygen atoms in total. The normalized spacial score (nSPS) is 15.6. The van der Waals surface area contributed by atoms with Gasteiger partial charge in [-0.25, -0.2) is 35.1 Å². The van der Waals surface area contributed by atoms with Gasteiger partial charge in [-0.15, -0.1) is 22.2 Å². The first-order chi connectivity index (χ1) is 17.2. The summed E-state index contributed by atoms with van der Waals surface area (Å²) in [6, 6.07) is -0.884. The lowest BCUT2D eigenvalue weighted by Crippen LogP contribution is -2.43. The molecule has 0 amide bonds. The molecular formula is C19H22Cl2F18Si. The molecule has 0 aliphatic carbocycles. The van der Waals surface area contributed by atoms with Crippen LogP contribution in [0.15, 0.2) is 0 Å². The van der Waals surface area contributed by atoms with Crippen LogP contribution >= 0.6 is 22.2 Å². The van der Waals surface area contributed by atoms with E-state index in [9.17, 15) is 79.0 Å². The standard InChI is InChI=1S/C19H22Cl2F18Si/c20-40(21,7-3-5-13(24,25)9-15(28,29)11-17(32,33)19(37,38)39)6-2-1-4-12(22,23)8-14(26,27)10-16(30,31)18(34,35)36/h1-11H2. The van der Waals surface area contributed by atoms with E-state index in [1.54, 1.807) is 0 Å². The first-order valence-corrected chi connectivity index (χ1v) is 15.5. The van der Waals surface area contributed by atoms with Crippen molar-refractivity contribution in [2.75, 3.05) is 0 Å². The van der Waals surface area contributed by atoms with E-state index in [1.807, 2.05) is 0 Å². The van der Waals surface area contributed by atoms with Gasteiger partial charge < -0.3 is 0 Å². The van der Waals surface area contributed by atoms with Crippen molar-refractivity contribution in [2.45, 2.75) is 118 Å². The Morgan fingerprint density at radius 3 is 1.00 bits per heavy atom. The highest BCUT2D eigenvalue weighted by atomic mass is 35.7. The molecule has 0 unspecified atom stereocenters. The molecule has 0 heterocycles. The zero-order valence-corrected chi connectivity index (χ0v) is 22.3. The van der Waals surface area contributed by atoms with Gasteiger partial charge in [-0.3, -0.25) is 0 Å². The minimum absolute atomic E-state index is 0.367. The van der Waals surface area contributed by atoms with Gasteiger partial charge in [0, 0.05) is 12.8 Å². The largest absolute Gasteiger partial charge is 0.453 e. The molecule has 242 valence electrons. The zero-order valence-electron chi connectivity index (χ0n) is 19.8. The highest BCUT2D eigenvalue weighted by Gasteiger charge is 2.64. The summed E-state index contributed by atoms with van der Waals surface area (Å²) in [5, 5.41) is 0. The van der Waals surface area contributed by atoms with Crippen LogP contribution < -0.4 is 0 Å². The van der Waals surface area contributed by atoms with E-state index in [-0.39, 0.29) is 12.5 Å². The average molecular weight is 691 g/mol. The minimum Gasteiger partial charge on any atom is -0.207 e. The molecule has 0 rings (SSSR count). The third-order valence-electron chi connectivity index (χ3n) is 5.25. The van der Waals surface area contributed by atoms with Gasteiger partial charge in [0.05, 0.1) is 25.7 Å². The van der Waals surface area contributed by atoms with Gasteiger partial charge in [-0.05, 0) is 24.9 Å². The van der Waals surface area contributed by atoms with Crippen molar-refractivity contribution in [3.05, 3.63) is 0 Å². The average Bonchev–Trinajstić information content (AvgIpc) is 2.59. The van der Waals surface area contributed by atoms with Crippen molar-refractivity contribution in [3.8, 4) is 0 Å². The van der Waals surface area contributed by atoms with Crippen LogP contribution in [0.4, 0.5) is 79.0 Å². The van der Waals surface area contributed by atoms with E-state index in [0.29, 0.717) is 0 Å². The summed E-state index contributed by atoms with van der Waals surface area (Å²) in [6.07, 6.45) is -29.2. The van der Waals surface area contributed by atoms with E-state index in [1.165, 1.54) is 0 Å².